The molecule has 1 aromatic rings. The van der Waals surface area contributed by atoms with Crippen molar-refractivity contribution in [3.05, 3.63) is 35.9 Å². The lowest BCUT2D eigenvalue weighted by Gasteiger charge is -2.30. The summed E-state index contributed by atoms with van der Waals surface area (Å²) in [6.07, 6.45) is 2.46. The summed E-state index contributed by atoms with van der Waals surface area (Å²) in [5, 5.41) is 0. The Labute approximate surface area is 139 Å². The molecule has 0 spiro atoms. The molecule has 4 nitrogen and oxygen atoms in total. The minimum Gasteiger partial charge on any atom is -0.460 e. The van der Waals surface area contributed by atoms with Crippen molar-refractivity contribution in [2.24, 2.45) is 10.4 Å². The lowest BCUT2D eigenvalue weighted by atomic mass is 9.82. The van der Waals surface area contributed by atoms with E-state index in [2.05, 4.69) is 23.7 Å². The van der Waals surface area contributed by atoms with Gasteiger partial charge in [0, 0.05) is 26.1 Å². The molecule has 1 unspecified atom stereocenters. The zero-order valence-electron chi connectivity index (χ0n) is 14.7. The molecule has 1 aliphatic heterocycles. The first kappa shape index (κ1) is 17.5. The fourth-order valence-electron chi connectivity index (χ4n) is 3.14. The summed E-state index contributed by atoms with van der Waals surface area (Å²) < 4.78 is 5.60. The molecule has 0 radical (unpaired) electrons. The molecule has 0 aromatic heterocycles. The minimum absolute atomic E-state index is 0.117. The van der Waals surface area contributed by atoms with Crippen LogP contribution in [0.25, 0.3) is 0 Å². The molecular formula is C19H28N2O2. The smallest absolute Gasteiger partial charge is 0.312 e. The van der Waals surface area contributed by atoms with Crippen LogP contribution in [0.4, 0.5) is 0 Å². The Balaban J connectivity index is 2.06. The molecule has 1 fully saturated rings. The van der Waals surface area contributed by atoms with Gasteiger partial charge in [0.15, 0.2) is 0 Å². The third-order valence-corrected chi connectivity index (χ3v) is 4.59. The van der Waals surface area contributed by atoms with Crippen LogP contribution in [-0.2, 0) is 16.1 Å². The summed E-state index contributed by atoms with van der Waals surface area (Å²) in [5.41, 5.74) is 0.527. The molecule has 1 aliphatic rings. The molecular weight excluding hydrogens is 288 g/mol. The number of esters is 1. The lowest BCUT2D eigenvalue weighted by Crippen LogP contribution is -2.39. The number of likely N-dealkylation sites (tertiary alicyclic amines) is 1. The van der Waals surface area contributed by atoms with Crippen LogP contribution in [0.3, 0.4) is 0 Å². The van der Waals surface area contributed by atoms with Crippen LogP contribution < -0.4 is 0 Å². The topological polar surface area (TPSA) is 41.9 Å². The number of carbonyl (C=O) groups excluding carboxylic acids is 1. The normalized spacial score (nSPS) is 23.9. The third kappa shape index (κ3) is 4.34. The van der Waals surface area contributed by atoms with E-state index in [9.17, 15) is 4.79 Å². The summed E-state index contributed by atoms with van der Waals surface area (Å²) in [6, 6.07) is 10.2. The highest BCUT2D eigenvalue weighted by molar-refractivity contribution is 5.89. The number of carbonyl (C=O) groups is 1. The Morgan fingerprint density at radius 1 is 1.35 bits per heavy atom. The first-order chi connectivity index (χ1) is 11.0. The summed E-state index contributed by atoms with van der Waals surface area (Å²) in [7, 11) is 1.81. The van der Waals surface area contributed by atoms with Gasteiger partial charge in [-0.15, -0.1) is 0 Å². The van der Waals surface area contributed by atoms with E-state index in [4.69, 9.17) is 4.74 Å². The second-order valence-electron chi connectivity index (χ2n) is 6.83. The van der Waals surface area contributed by atoms with Gasteiger partial charge in [0.05, 0.1) is 11.3 Å². The Kier molecular flexibility index (Phi) is 5.80. The quantitative estimate of drug-likeness (QED) is 0.796. The zero-order chi connectivity index (χ0) is 16.9. The Hall–Kier alpha value is -1.84. The number of hydrogen-bond donors (Lipinski definition) is 0. The highest BCUT2D eigenvalue weighted by atomic mass is 16.5. The average molecular weight is 316 g/mol. The van der Waals surface area contributed by atoms with Crippen molar-refractivity contribution in [3.63, 3.8) is 0 Å². The molecule has 1 aromatic carbocycles. The van der Waals surface area contributed by atoms with Crippen LogP contribution in [0.15, 0.2) is 35.3 Å². The number of hydrogen-bond acceptors (Lipinski definition) is 3. The Morgan fingerprint density at radius 2 is 2.04 bits per heavy atom. The van der Waals surface area contributed by atoms with Crippen molar-refractivity contribution < 1.29 is 9.53 Å². The van der Waals surface area contributed by atoms with Gasteiger partial charge in [0.2, 0.25) is 0 Å². The third-order valence-electron chi connectivity index (χ3n) is 4.59. The van der Waals surface area contributed by atoms with Gasteiger partial charge in [0.1, 0.15) is 6.61 Å². The van der Waals surface area contributed by atoms with Crippen LogP contribution in [-0.4, -0.2) is 36.3 Å². The number of nitrogens with zero attached hydrogens (tertiary/aromatic N) is 2. The van der Waals surface area contributed by atoms with Gasteiger partial charge in [-0.2, -0.15) is 0 Å². The van der Waals surface area contributed by atoms with Crippen molar-refractivity contribution in [2.75, 3.05) is 13.6 Å². The van der Waals surface area contributed by atoms with E-state index in [-0.39, 0.29) is 5.97 Å². The number of ether oxygens (including phenoxy) is 1. The maximum atomic E-state index is 12.7. The molecule has 23 heavy (non-hydrogen) atoms. The summed E-state index contributed by atoms with van der Waals surface area (Å²) in [6.45, 7) is 7.63. The van der Waals surface area contributed by atoms with E-state index >= 15 is 0 Å². The monoisotopic (exact) mass is 316 g/mol. The maximum Gasteiger partial charge on any atom is 0.312 e. The fraction of sp³-hybridized carbons (Fsp3) is 0.579. The molecule has 1 atom stereocenters. The zero-order valence-corrected chi connectivity index (χ0v) is 14.7. The molecule has 4 heteroatoms. The number of amidine groups is 1. The van der Waals surface area contributed by atoms with Gasteiger partial charge in [0.25, 0.3) is 0 Å². The largest absolute Gasteiger partial charge is 0.460 e. The first-order valence-electron chi connectivity index (χ1n) is 8.40. The van der Waals surface area contributed by atoms with Crippen molar-refractivity contribution in [2.45, 2.75) is 52.7 Å². The standard InChI is InChI=1S/C19H28N2O2/c1-15(2)21-12-8-11-19(3,13-17(21)20-4)18(22)23-14-16-9-6-5-7-10-16/h5-7,9-10,15H,8,11-14H2,1-4H3. The van der Waals surface area contributed by atoms with Crippen molar-refractivity contribution in [3.8, 4) is 0 Å². The van der Waals surface area contributed by atoms with E-state index in [1.807, 2.05) is 44.3 Å². The van der Waals surface area contributed by atoms with Gasteiger partial charge < -0.3 is 9.64 Å². The summed E-state index contributed by atoms with van der Waals surface area (Å²) in [4.78, 5) is 19.4. The molecule has 0 N–H and O–H groups in total. The number of rotatable bonds is 4. The molecule has 0 bridgehead atoms. The minimum atomic E-state index is -0.493. The lowest BCUT2D eigenvalue weighted by molar-refractivity contribution is -0.156. The van der Waals surface area contributed by atoms with Crippen molar-refractivity contribution in [1.82, 2.24) is 4.90 Å². The van der Waals surface area contributed by atoms with Crippen LogP contribution in [0.2, 0.25) is 0 Å². The number of benzene rings is 1. The number of aliphatic imine (C=N–C) groups is 1. The molecule has 1 heterocycles. The average Bonchev–Trinajstić information content (AvgIpc) is 2.73. The van der Waals surface area contributed by atoms with E-state index in [0.29, 0.717) is 19.1 Å². The summed E-state index contributed by atoms with van der Waals surface area (Å²) in [5.74, 6) is 0.893. The van der Waals surface area contributed by atoms with Gasteiger partial charge in [-0.25, -0.2) is 0 Å². The molecule has 1 saturated heterocycles. The molecule has 0 aliphatic carbocycles. The van der Waals surface area contributed by atoms with E-state index in [1.165, 1.54) is 0 Å². The summed E-state index contributed by atoms with van der Waals surface area (Å²) >= 11 is 0. The fourth-order valence-corrected chi connectivity index (χ4v) is 3.14. The highest BCUT2D eigenvalue weighted by Gasteiger charge is 2.39. The predicted octanol–water partition coefficient (Wildman–Crippen LogP) is 3.66. The van der Waals surface area contributed by atoms with Gasteiger partial charge in [-0.3, -0.25) is 9.79 Å². The molecule has 2 rings (SSSR count). The Bertz CT molecular complexity index is 554. The van der Waals surface area contributed by atoms with Gasteiger partial charge in [-0.1, -0.05) is 30.3 Å². The second-order valence-corrected chi connectivity index (χ2v) is 6.83. The molecule has 126 valence electrons. The van der Waals surface area contributed by atoms with Gasteiger partial charge >= 0.3 is 5.97 Å². The van der Waals surface area contributed by atoms with Crippen LogP contribution in [0.5, 0.6) is 0 Å². The van der Waals surface area contributed by atoms with E-state index in [0.717, 1.165) is 30.8 Å². The molecule has 0 saturated carbocycles. The highest BCUT2D eigenvalue weighted by Crippen LogP contribution is 2.34. The maximum absolute atomic E-state index is 12.7. The Morgan fingerprint density at radius 3 is 2.65 bits per heavy atom. The molecule has 0 amide bonds. The van der Waals surface area contributed by atoms with Crippen LogP contribution in [0.1, 0.15) is 45.6 Å². The first-order valence-corrected chi connectivity index (χ1v) is 8.40. The second kappa shape index (κ2) is 7.62. The van der Waals surface area contributed by atoms with Crippen molar-refractivity contribution >= 4 is 11.8 Å². The predicted molar refractivity (Wildman–Crippen MR) is 93.4 cm³/mol. The van der Waals surface area contributed by atoms with Gasteiger partial charge in [-0.05, 0) is 39.2 Å². The SMILES string of the molecule is CN=C1CC(C)(C(=O)OCc2ccccc2)CCCN1C(C)C. The van der Waals surface area contributed by atoms with Crippen LogP contribution >= 0.6 is 0 Å². The van der Waals surface area contributed by atoms with E-state index < -0.39 is 5.41 Å². The van der Waals surface area contributed by atoms with E-state index in [1.54, 1.807) is 0 Å². The van der Waals surface area contributed by atoms with Crippen LogP contribution in [0, 0.1) is 5.41 Å². The van der Waals surface area contributed by atoms with Crippen molar-refractivity contribution in [1.29, 1.82) is 0 Å².